The Hall–Kier alpha value is -2.93. The van der Waals surface area contributed by atoms with Crippen LogP contribution < -0.4 is 10.1 Å². The normalized spacial score (nSPS) is 22.6. The number of urea groups is 1. The van der Waals surface area contributed by atoms with E-state index in [0.29, 0.717) is 6.04 Å². The molecular formula is C27H34FN3O3. The van der Waals surface area contributed by atoms with Gasteiger partial charge in [0.15, 0.2) is 0 Å². The van der Waals surface area contributed by atoms with Gasteiger partial charge in [0.2, 0.25) is 0 Å². The highest BCUT2D eigenvalue weighted by Gasteiger charge is 2.52. The SMILES string of the molecule is COc1ccc(CC[C@@H](C)N2CCC([C@]3(C)NC(=O)N(Cc4ccc(F)cc4)C3=O)CC2)cc1. The standard InChI is InChI=1S/C27H34FN3O3/c1-19(4-5-20-8-12-24(34-3)13-9-20)30-16-14-22(15-17-30)27(2)25(32)31(26(33)29-27)18-21-6-10-23(28)11-7-21/h6-13,19,22H,4-5,14-18H2,1-3H3,(H,29,33)/t19-,27+/m1/s1. The molecule has 2 aliphatic rings. The molecule has 2 aliphatic heterocycles. The summed E-state index contributed by atoms with van der Waals surface area (Å²) in [6, 6.07) is 14.2. The Morgan fingerprint density at radius 2 is 1.68 bits per heavy atom. The third-order valence-electron chi connectivity index (χ3n) is 7.53. The van der Waals surface area contributed by atoms with Crippen LogP contribution in [0, 0.1) is 11.7 Å². The molecule has 0 saturated carbocycles. The van der Waals surface area contributed by atoms with E-state index in [4.69, 9.17) is 4.74 Å². The monoisotopic (exact) mass is 467 g/mol. The van der Waals surface area contributed by atoms with Gasteiger partial charge in [-0.1, -0.05) is 24.3 Å². The van der Waals surface area contributed by atoms with Crippen LogP contribution in [0.1, 0.15) is 44.2 Å². The van der Waals surface area contributed by atoms with Crippen LogP contribution in [0.4, 0.5) is 9.18 Å². The molecule has 0 radical (unpaired) electrons. The fraction of sp³-hybridized carbons (Fsp3) is 0.481. The van der Waals surface area contributed by atoms with Gasteiger partial charge in [-0.2, -0.15) is 0 Å². The summed E-state index contributed by atoms with van der Waals surface area (Å²) >= 11 is 0. The van der Waals surface area contributed by atoms with Crippen LogP contribution in [-0.4, -0.2) is 53.5 Å². The zero-order valence-electron chi connectivity index (χ0n) is 20.2. The van der Waals surface area contributed by atoms with Crippen molar-refractivity contribution in [2.24, 2.45) is 5.92 Å². The van der Waals surface area contributed by atoms with Gasteiger partial charge >= 0.3 is 6.03 Å². The van der Waals surface area contributed by atoms with Crippen LogP contribution >= 0.6 is 0 Å². The number of imide groups is 1. The highest BCUT2D eigenvalue weighted by atomic mass is 19.1. The predicted octanol–water partition coefficient (Wildman–Crippen LogP) is 4.38. The second-order valence-corrected chi connectivity index (χ2v) is 9.70. The third-order valence-corrected chi connectivity index (χ3v) is 7.53. The molecule has 0 aliphatic carbocycles. The lowest BCUT2D eigenvalue weighted by Crippen LogP contribution is -2.54. The number of benzene rings is 2. The van der Waals surface area contributed by atoms with Crippen molar-refractivity contribution in [3.63, 3.8) is 0 Å². The van der Waals surface area contributed by atoms with Crippen LogP contribution in [-0.2, 0) is 17.8 Å². The molecule has 0 bridgehead atoms. The van der Waals surface area contributed by atoms with Gasteiger partial charge in [-0.3, -0.25) is 9.69 Å². The number of ether oxygens (including phenoxy) is 1. The number of amides is 3. The van der Waals surface area contributed by atoms with Crippen LogP contribution in [0.5, 0.6) is 5.75 Å². The Balaban J connectivity index is 1.30. The first-order valence-corrected chi connectivity index (χ1v) is 12.1. The molecule has 0 unspecified atom stereocenters. The van der Waals surface area contributed by atoms with Crippen LogP contribution in [0.3, 0.4) is 0 Å². The molecule has 7 heteroatoms. The molecule has 2 saturated heterocycles. The van der Waals surface area contributed by atoms with E-state index in [9.17, 15) is 14.0 Å². The minimum Gasteiger partial charge on any atom is -0.497 e. The van der Waals surface area contributed by atoms with Crippen molar-refractivity contribution in [3.05, 3.63) is 65.5 Å². The van der Waals surface area contributed by atoms with Gasteiger partial charge in [0.1, 0.15) is 17.1 Å². The molecule has 2 aromatic rings. The van der Waals surface area contributed by atoms with Crippen LogP contribution in [0.15, 0.2) is 48.5 Å². The topological polar surface area (TPSA) is 61.9 Å². The average molecular weight is 468 g/mol. The second kappa shape index (κ2) is 10.1. The van der Waals surface area contributed by atoms with Gasteiger partial charge in [0.25, 0.3) is 5.91 Å². The molecule has 2 fully saturated rings. The molecule has 3 amide bonds. The first kappa shape index (κ1) is 24.2. The Kier molecular flexibility index (Phi) is 7.22. The van der Waals surface area contributed by atoms with Crippen molar-refractivity contribution in [1.82, 2.24) is 15.1 Å². The van der Waals surface area contributed by atoms with Gasteiger partial charge in [0, 0.05) is 6.04 Å². The molecule has 4 rings (SSSR count). The number of piperidine rings is 1. The van der Waals surface area contributed by atoms with E-state index in [-0.39, 0.29) is 30.2 Å². The summed E-state index contributed by atoms with van der Waals surface area (Å²) in [6.07, 6.45) is 3.80. The Bertz CT molecular complexity index is 1000. The second-order valence-electron chi connectivity index (χ2n) is 9.70. The summed E-state index contributed by atoms with van der Waals surface area (Å²) < 4.78 is 18.4. The maximum atomic E-state index is 13.3. The van der Waals surface area contributed by atoms with Crippen molar-refractivity contribution >= 4 is 11.9 Å². The number of nitrogens with zero attached hydrogens (tertiary/aromatic N) is 2. The fourth-order valence-electron chi connectivity index (χ4n) is 5.18. The van der Waals surface area contributed by atoms with E-state index in [1.54, 1.807) is 19.2 Å². The van der Waals surface area contributed by atoms with E-state index < -0.39 is 5.54 Å². The summed E-state index contributed by atoms with van der Waals surface area (Å²) in [5.41, 5.74) is 1.14. The van der Waals surface area contributed by atoms with Crippen molar-refractivity contribution in [2.45, 2.75) is 57.7 Å². The molecule has 0 aromatic heterocycles. The van der Waals surface area contributed by atoms with Crippen molar-refractivity contribution in [3.8, 4) is 5.75 Å². The van der Waals surface area contributed by atoms with Crippen molar-refractivity contribution < 1.29 is 18.7 Å². The lowest BCUT2D eigenvalue weighted by Gasteiger charge is -2.41. The molecule has 1 N–H and O–H groups in total. The average Bonchev–Trinajstić information content (AvgIpc) is 3.08. The van der Waals surface area contributed by atoms with E-state index in [0.717, 1.165) is 50.1 Å². The first-order chi connectivity index (χ1) is 16.3. The van der Waals surface area contributed by atoms with Gasteiger partial charge < -0.3 is 15.0 Å². The molecular weight excluding hydrogens is 433 g/mol. The fourth-order valence-corrected chi connectivity index (χ4v) is 5.18. The van der Waals surface area contributed by atoms with Gasteiger partial charge in [0.05, 0.1) is 13.7 Å². The van der Waals surface area contributed by atoms with Crippen LogP contribution in [0.2, 0.25) is 0 Å². The maximum absolute atomic E-state index is 13.3. The summed E-state index contributed by atoms with van der Waals surface area (Å²) in [5.74, 6) is 0.438. The molecule has 182 valence electrons. The first-order valence-electron chi connectivity index (χ1n) is 12.1. The lowest BCUT2D eigenvalue weighted by molar-refractivity contribution is -0.133. The van der Waals surface area contributed by atoms with Gasteiger partial charge in [-0.05, 0) is 93.9 Å². The van der Waals surface area contributed by atoms with Gasteiger partial charge in [-0.15, -0.1) is 0 Å². The largest absolute Gasteiger partial charge is 0.497 e. The maximum Gasteiger partial charge on any atom is 0.325 e. The molecule has 2 atom stereocenters. The molecule has 2 aromatic carbocycles. The molecule has 6 nitrogen and oxygen atoms in total. The van der Waals surface area contributed by atoms with E-state index in [1.807, 2.05) is 19.1 Å². The molecule has 0 spiro atoms. The summed E-state index contributed by atoms with van der Waals surface area (Å²) in [7, 11) is 1.68. The number of methoxy groups -OCH3 is 1. The minimum absolute atomic E-state index is 0.0900. The van der Waals surface area contributed by atoms with Crippen molar-refractivity contribution in [2.75, 3.05) is 20.2 Å². The highest BCUT2D eigenvalue weighted by molar-refractivity contribution is 6.06. The Labute approximate surface area is 201 Å². The highest BCUT2D eigenvalue weighted by Crippen LogP contribution is 2.34. The van der Waals surface area contributed by atoms with Crippen LogP contribution in [0.25, 0.3) is 0 Å². The number of carbonyl (C=O) groups excluding carboxylic acids is 2. The summed E-state index contributed by atoms with van der Waals surface area (Å²) in [5, 5.41) is 2.97. The zero-order chi connectivity index (χ0) is 24.3. The number of carbonyl (C=O) groups is 2. The molecule has 2 heterocycles. The lowest BCUT2D eigenvalue weighted by atomic mass is 9.78. The number of likely N-dealkylation sites (tertiary alicyclic amines) is 1. The number of aryl methyl sites for hydroxylation is 1. The van der Waals surface area contributed by atoms with E-state index >= 15 is 0 Å². The summed E-state index contributed by atoms with van der Waals surface area (Å²) in [4.78, 5) is 29.7. The van der Waals surface area contributed by atoms with Gasteiger partial charge in [-0.25, -0.2) is 9.18 Å². The Morgan fingerprint density at radius 3 is 2.29 bits per heavy atom. The number of hydrogen-bond donors (Lipinski definition) is 1. The zero-order valence-corrected chi connectivity index (χ0v) is 20.2. The number of hydrogen-bond acceptors (Lipinski definition) is 4. The number of halogens is 1. The third kappa shape index (κ3) is 5.09. The Morgan fingerprint density at radius 1 is 1.06 bits per heavy atom. The molecule has 34 heavy (non-hydrogen) atoms. The number of nitrogens with one attached hydrogen (secondary N) is 1. The number of rotatable bonds is 8. The van der Waals surface area contributed by atoms with E-state index in [1.165, 1.54) is 22.6 Å². The minimum atomic E-state index is -0.893. The smallest absolute Gasteiger partial charge is 0.325 e. The quantitative estimate of drug-likeness (QED) is 0.586. The van der Waals surface area contributed by atoms with E-state index in [2.05, 4.69) is 29.3 Å². The van der Waals surface area contributed by atoms with Crippen molar-refractivity contribution in [1.29, 1.82) is 0 Å². The summed E-state index contributed by atoms with van der Waals surface area (Å²) in [6.45, 7) is 6.09. The predicted molar refractivity (Wildman–Crippen MR) is 129 cm³/mol.